The van der Waals surface area contributed by atoms with Crippen LogP contribution in [0, 0.1) is 0 Å². The van der Waals surface area contributed by atoms with Gasteiger partial charge in [0.05, 0.1) is 5.41 Å². The normalized spacial score (nSPS) is 15.2. The van der Waals surface area contributed by atoms with Crippen LogP contribution in [0.2, 0.25) is 0 Å². The number of hydrogen-bond acceptors (Lipinski definition) is 6. The maximum Gasteiger partial charge on any atom is 0.248 e. The van der Waals surface area contributed by atoms with Crippen molar-refractivity contribution in [2.75, 3.05) is 0 Å². The predicted octanol–water partition coefficient (Wildman–Crippen LogP) is 0.373. The Bertz CT molecular complexity index is 1040. The lowest BCUT2D eigenvalue weighted by atomic mass is 9.63. The van der Waals surface area contributed by atoms with Gasteiger partial charge in [0.15, 0.2) is 5.82 Å². The van der Waals surface area contributed by atoms with E-state index in [-0.39, 0.29) is 6.04 Å². The average Bonchev–Trinajstić information content (AvgIpc) is 3.21. The summed E-state index contributed by atoms with van der Waals surface area (Å²) in [6, 6.07) is 10.5. The van der Waals surface area contributed by atoms with Gasteiger partial charge in [-0.3, -0.25) is 9.59 Å². The van der Waals surface area contributed by atoms with E-state index in [1.165, 1.54) is 0 Å². The fraction of sp³-hybridized carbons (Fsp3) is 0.250. The fourth-order valence-electron chi connectivity index (χ4n) is 4.35. The number of hydrogen-bond donors (Lipinski definition) is 4. The summed E-state index contributed by atoms with van der Waals surface area (Å²) < 4.78 is 0. The number of aromatic nitrogens is 4. The third-order valence-corrected chi connectivity index (χ3v) is 5.44. The molecule has 148 valence electrons. The Kier molecular flexibility index (Phi) is 4.39. The minimum atomic E-state index is -0.795. The Morgan fingerprint density at radius 2 is 1.62 bits per heavy atom. The molecule has 1 aliphatic carbocycles. The van der Waals surface area contributed by atoms with Crippen molar-refractivity contribution in [2.24, 2.45) is 17.2 Å². The number of tetrazole rings is 1. The van der Waals surface area contributed by atoms with E-state index in [2.05, 4.69) is 20.6 Å². The third-order valence-electron chi connectivity index (χ3n) is 5.44. The van der Waals surface area contributed by atoms with E-state index in [4.69, 9.17) is 17.2 Å². The van der Waals surface area contributed by atoms with Gasteiger partial charge in [-0.25, -0.2) is 0 Å². The molecule has 1 aliphatic rings. The Hall–Kier alpha value is -3.59. The molecule has 0 saturated heterocycles. The van der Waals surface area contributed by atoms with Crippen molar-refractivity contribution in [1.82, 2.24) is 20.6 Å². The lowest BCUT2D eigenvalue weighted by Crippen LogP contribution is -2.41. The quantitative estimate of drug-likeness (QED) is 0.490. The van der Waals surface area contributed by atoms with Crippen LogP contribution < -0.4 is 17.2 Å². The number of carbonyl (C=O) groups excluding carboxylic acids is 2. The molecule has 4 rings (SSSR count). The van der Waals surface area contributed by atoms with Crippen molar-refractivity contribution in [3.63, 3.8) is 0 Å². The van der Waals surface area contributed by atoms with Crippen molar-refractivity contribution in [1.29, 1.82) is 0 Å². The lowest BCUT2D eigenvalue weighted by molar-refractivity contribution is 0.0992. The Morgan fingerprint density at radius 3 is 2.03 bits per heavy atom. The molecule has 2 aromatic carbocycles. The van der Waals surface area contributed by atoms with Crippen LogP contribution in [0.15, 0.2) is 36.4 Å². The molecule has 1 heterocycles. The van der Waals surface area contributed by atoms with Gasteiger partial charge < -0.3 is 17.2 Å². The molecule has 0 unspecified atom stereocenters. The van der Waals surface area contributed by atoms with Gasteiger partial charge in [0.1, 0.15) is 0 Å². The van der Waals surface area contributed by atoms with Gasteiger partial charge in [0.2, 0.25) is 11.8 Å². The van der Waals surface area contributed by atoms with Crippen molar-refractivity contribution in [3.05, 3.63) is 75.6 Å². The molecule has 0 spiro atoms. The highest BCUT2D eigenvalue weighted by Gasteiger charge is 2.46. The highest BCUT2D eigenvalue weighted by molar-refractivity contribution is 5.94. The minimum Gasteiger partial charge on any atom is -0.366 e. The number of amides is 2. The molecular weight excluding hydrogens is 370 g/mol. The highest BCUT2D eigenvalue weighted by atomic mass is 16.1. The summed E-state index contributed by atoms with van der Waals surface area (Å²) in [5.41, 5.74) is 20.9. The molecule has 9 nitrogen and oxygen atoms in total. The Morgan fingerprint density at radius 1 is 1.07 bits per heavy atom. The number of aromatic amines is 1. The maximum atomic E-state index is 11.7. The molecule has 0 fully saturated rings. The predicted molar refractivity (Wildman–Crippen MR) is 105 cm³/mol. The molecule has 1 atom stereocenters. The van der Waals surface area contributed by atoms with Gasteiger partial charge in [-0.2, -0.15) is 5.21 Å². The minimum absolute atomic E-state index is 0.195. The van der Waals surface area contributed by atoms with E-state index in [9.17, 15) is 9.59 Å². The third kappa shape index (κ3) is 2.95. The van der Waals surface area contributed by atoms with Gasteiger partial charge in [-0.1, -0.05) is 17.3 Å². The van der Waals surface area contributed by atoms with Gasteiger partial charge in [0.25, 0.3) is 0 Å². The van der Waals surface area contributed by atoms with Gasteiger partial charge in [-0.15, -0.1) is 10.2 Å². The van der Waals surface area contributed by atoms with Crippen LogP contribution >= 0.6 is 0 Å². The Balaban J connectivity index is 2.06. The highest BCUT2D eigenvalue weighted by Crippen LogP contribution is 2.48. The van der Waals surface area contributed by atoms with Crippen LogP contribution in [0.5, 0.6) is 0 Å². The molecule has 0 aliphatic heterocycles. The summed E-state index contributed by atoms with van der Waals surface area (Å²) >= 11 is 0. The zero-order valence-electron chi connectivity index (χ0n) is 15.8. The van der Waals surface area contributed by atoms with Crippen LogP contribution in [-0.4, -0.2) is 38.5 Å². The van der Waals surface area contributed by atoms with Crippen LogP contribution in [-0.2, 0) is 11.8 Å². The van der Waals surface area contributed by atoms with Crippen molar-refractivity contribution < 1.29 is 9.59 Å². The van der Waals surface area contributed by atoms with Gasteiger partial charge in [-0.05, 0) is 66.3 Å². The maximum absolute atomic E-state index is 11.7. The van der Waals surface area contributed by atoms with Crippen LogP contribution in [0.4, 0.5) is 0 Å². The molecule has 0 bridgehead atoms. The summed E-state index contributed by atoms with van der Waals surface area (Å²) in [5.74, 6) is -0.556. The number of primary amides is 2. The van der Waals surface area contributed by atoms with E-state index in [1.54, 1.807) is 24.3 Å². The van der Waals surface area contributed by atoms with Crippen LogP contribution in [0.25, 0.3) is 0 Å². The first-order valence-corrected chi connectivity index (χ1v) is 9.19. The number of nitrogens with two attached hydrogens (primary N) is 3. The molecule has 2 amide bonds. The van der Waals surface area contributed by atoms with E-state index >= 15 is 0 Å². The molecule has 0 radical (unpaired) electrons. The average molecular weight is 391 g/mol. The summed E-state index contributed by atoms with van der Waals surface area (Å²) in [6.45, 7) is 1.91. The number of nitrogens with one attached hydrogen (secondary N) is 1. The number of nitrogens with zero attached hydrogens (tertiary/aromatic N) is 3. The number of fused-ring (bicyclic) bond motifs is 2. The monoisotopic (exact) mass is 391 g/mol. The van der Waals surface area contributed by atoms with Crippen LogP contribution in [0.1, 0.15) is 62.1 Å². The zero-order valence-corrected chi connectivity index (χ0v) is 15.8. The van der Waals surface area contributed by atoms with Crippen molar-refractivity contribution >= 4 is 11.8 Å². The van der Waals surface area contributed by atoms with Crippen LogP contribution in [0.3, 0.4) is 0 Å². The second-order valence-corrected chi connectivity index (χ2v) is 7.47. The Labute approximate surface area is 166 Å². The fourth-order valence-corrected chi connectivity index (χ4v) is 4.35. The molecule has 0 saturated carbocycles. The number of carbonyl (C=O) groups is 2. The molecule has 1 aromatic heterocycles. The first-order valence-electron chi connectivity index (χ1n) is 9.19. The van der Waals surface area contributed by atoms with Crippen molar-refractivity contribution in [2.45, 2.75) is 31.2 Å². The summed E-state index contributed by atoms with van der Waals surface area (Å²) in [5, 5.41) is 14.9. The second kappa shape index (κ2) is 6.78. The second-order valence-electron chi connectivity index (χ2n) is 7.47. The topological polar surface area (TPSA) is 167 Å². The zero-order chi connectivity index (χ0) is 20.8. The smallest absolute Gasteiger partial charge is 0.248 e. The molecule has 7 N–H and O–H groups in total. The standard InChI is InChI=1S/C20H21N7O2/c1-10(21)9-20(19-24-26-27-25-19)15-4-2-11(17(22)28)6-13(15)8-14-7-12(18(23)29)3-5-16(14)20/h2-7,10H,8-9,21H2,1H3,(H2,22,28)(H2,23,29)(H,24,25,26,27)/t10-/m0/s1. The molecule has 9 heteroatoms. The van der Waals surface area contributed by atoms with Crippen molar-refractivity contribution in [3.8, 4) is 0 Å². The molecular formula is C20H21N7O2. The summed E-state index contributed by atoms with van der Waals surface area (Å²) in [4.78, 5) is 23.5. The van der Waals surface area contributed by atoms with E-state index < -0.39 is 17.2 Å². The van der Waals surface area contributed by atoms with E-state index in [0.29, 0.717) is 29.8 Å². The molecule has 3 aromatic rings. The number of benzene rings is 2. The van der Waals surface area contributed by atoms with E-state index in [0.717, 1.165) is 22.3 Å². The molecule has 29 heavy (non-hydrogen) atoms. The number of rotatable bonds is 5. The summed E-state index contributed by atoms with van der Waals surface area (Å²) in [6.07, 6.45) is 1.00. The van der Waals surface area contributed by atoms with E-state index in [1.807, 2.05) is 19.1 Å². The van der Waals surface area contributed by atoms with Gasteiger partial charge >= 0.3 is 0 Å². The summed E-state index contributed by atoms with van der Waals surface area (Å²) in [7, 11) is 0. The lowest BCUT2D eigenvalue weighted by Gasteiger charge is -2.40. The SMILES string of the molecule is C[C@H](N)CC1(c2nn[nH]n2)c2ccc(C(N)=O)cc2Cc2cc(C(N)=O)ccc21. The van der Waals surface area contributed by atoms with Gasteiger partial charge in [0, 0.05) is 17.2 Å². The largest absolute Gasteiger partial charge is 0.366 e. The first-order chi connectivity index (χ1) is 13.8. The first kappa shape index (κ1) is 18.8. The number of H-pyrrole nitrogens is 1.